The Kier molecular flexibility index (Phi) is 4.08. The summed E-state index contributed by atoms with van der Waals surface area (Å²) >= 11 is 0. The van der Waals surface area contributed by atoms with E-state index in [1.807, 2.05) is 0 Å². The fraction of sp³-hybridized carbons (Fsp3) is 0.300. The normalized spacial score (nSPS) is 12.9. The van der Waals surface area contributed by atoms with Crippen molar-refractivity contribution in [2.24, 2.45) is 5.14 Å². The van der Waals surface area contributed by atoms with Crippen LogP contribution in [0.4, 0.5) is 0 Å². The summed E-state index contributed by atoms with van der Waals surface area (Å²) in [7, 11) is -2.20. The summed E-state index contributed by atoms with van der Waals surface area (Å²) in [4.78, 5) is 11.2. The van der Waals surface area contributed by atoms with Crippen molar-refractivity contribution in [3.05, 3.63) is 24.3 Å². The first kappa shape index (κ1) is 13.5. The molecule has 0 aromatic heterocycles. The molecule has 7 heteroatoms. The summed E-state index contributed by atoms with van der Waals surface area (Å²) < 4.78 is 27.3. The second-order valence-corrected chi connectivity index (χ2v) is 4.95. The molecule has 0 saturated heterocycles. The fourth-order valence-corrected chi connectivity index (χ4v) is 1.68. The summed E-state index contributed by atoms with van der Waals surface area (Å²) in [6, 6.07) is 5.53. The highest BCUT2D eigenvalue weighted by atomic mass is 32.2. The van der Waals surface area contributed by atoms with Crippen LogP contribution in [0.3, 0.4) is 0 Å². The molecule has 1 atom stereocenters. The van der Waals surface area contributed by atoms with Crippen LogP contribution in [0.2, 0.25) is 0 Å². The maximum Gasteiger partial charge on any atom is 0.260 e. The van der Waals surface area contributed by atoms with E-state index in [1.165, 1.54) is 31.3 Å². The first-order chi connectivity index (χ1) is 7.84. The first-order valence-electron chi connectivity index (χ1n) is 4.85. The second-order valence-electron chi connectivity index (χ2n) is 3.39. The Hall–Kier alpha value is -1.60. The number of sulfonamides is 1. The monoisotopic (exact) mass is 258 g/mol. The van der Waals surface area contributed by atoms with Crippen LogP contribution in [0.5, 0.6) is 5.75 Å². The number of hydrogen-bond acceptors (Lipinski definition) is 4. The van der Waals surface area contributed by atoms with E-state index in [9.17, 15) is 13.2 Å². The zero-order valence-corrected chi connectivity index (χ0v) is 10.3. The lowest BCUT2D eigenvalue weighted by Gasteiger charge is -2.13. The van der Waals surface area contributed by atoms with Gasteiger partial charge in [-0.15, -0.1) is 0 Å². The number of carbonyl (C=O) groups excluding carboxylic acids is 1. The van der Waals surface area contributed by atoms with E-state index in [-0.39, 0.29) is 10.8 Å². The Morgan fingerprint density at radius 2 is 1.88 bits per heavy atom. The van der Waals surface area contributed by atoms with Crippen molar-refractivity contribution >= 4 is 15.9 Å². The van der Waals surface area contributed by atoms with Crippen molar-refractivity contribution in [3.8, 4) is 5.75 Å². The zero-order chi connectivity index (χ0) is 13.1. The fourth-order valence-electron chi connectivity index (χ4n) is 1.17. The van der Waals surface area contributed by atoms with Crippen molar-refractivity contribution in [2.45, 2.75) is 17.9 Å². The van der Waals surface area contributed by atoms with Crippen molar-refractivity contribution in [1.29, 1.82) is 0 Å². The minimum Gasteiger partial charge on any atom is -0.481 e. The van der Waals surface area contributed by atoms with Gasteiger partial charge < -0.3 is 10.1 Å². The van der Waals surface area contributed by atoms with Gasteiger partial charge in [0.05, 0.1) is 4.90 Å². The summed E-state index contributed by atoms with van der Waals surface area (Å²) in [6.45, 7) is 1.59. The van der Waals surface area contributed by atoms with Crippen molar-refractivity contribution in [3.63, 3.8) is 0 Å². The summed E-state index contributed by atoms with van der Waals surface area (Å²) in [6.07, 6.45) is -0.652. The number of hydrogen-bond donors (Lipinski definition) is 2. The molecule has 1 rings (SSSR count). The Labute approximate surface area is 99.8 Å². The van der Waals surface area contributed by atoms with E-state index in [4.69, 9.17) is 9.88 Å². The molecule has 0 heterocycles. The molecule has 0 spiro atoms. The zero-order valence-electron chi connectivity index (χ0n) is 9.51. The smallest absolute Gasteiger partial charge is 0.260 e. The molecular formula is C10H14N2O4S. The molecule has 1 amide bonds. The number of nitrogens with one attached hydrogen (secondary N) is 1. The standard InChI is InChI=1S/C10H14N2O4S/c1-7(10(13)12-2)16-8-3-5-9(6-4-8)17(11,14)15/h3-7H,1-2H3,(H,12,13)(H2,11,14,15). The average molecular weight is 258 g/mol. The molecule has 1 unspecified atom stereocenters. The summed E-state index contributed by atoms with van der Waals surface area (Å²) in [5, 5.41) is 7.39. The maximum atomic E-state index is 11.2. The SMILES string of the molecule is CNC(=O)C(C)Oc1ccc(S(N)(=O)=O)cc1. The van der Waals surface area contributed by atoms with Crippen LogP contribution in [-0.2, 0) is 14.8 Å². The topological polar surface area (TPSA) is 98.5 Å². The van der Waals surface area contributed by atoms with E-state index < -0.39 is 16.1 Å². The molecule has 0 radical (unpaired) electrons. The number of benzene rings is 1. The number of ether oxygens (including phenoxy) is 1. The number of rotatable bonds is 4. The molecule has 1 aromatic rings. The largest absolute Gasteiger partial charge is 0.481 e. The number of amides is 1. The van der Waals surface area contributed by atoms with Gasteiger partial charge in [0, 0.05) is 7.05 Å². The van der Waals surface area contributed by atoms with Gasteiger partial charge in [0.2, 0.25) is 10.0 Å². The van der Waals surface area contributed by atoms with Gasteiger partial charge in [0.25, 0.3) is 5.91 Å². The summed E-state index contributed by atoms with van der Waals surface area (Å²) in [5.41, 5.74) is 0. The molecule has 0 aliphatic carbocycles. The van der Waals surface area contributed by atoms with E-state index in [0.717, 1.165) is 0 Å². The van der Waals surface area contributed by atoms with E-state index in [1.54, 1.807) is 6.92 Å². The number of carbonyl (C=O) groups is 1. The third-order valence-corrected chi connectivity index (χ3v) is 3.01. The molecule has 0 saturated carbocycles. The van der Waals surface area contributed by atoms with Crippen LogP contribution in [0.1, 0.15) is 6.92 Å². The van der Waals surface area contributed by atoms with Crippen LogP contribution in [-0.4, -0.2) is 27.5 Å². The average Bonchev–Trinajstić information content (AvgIpc) is 2.27. The minimum atomic E-state index is -3.70. The van der Waals surface area contributed by atoms with Crippen molar-refractivity contribution in [1.82, 2.24) is 5.32 Å². The molecule has 0 fully saturated rings. The number of nitrogens with two attached hydrogens (primary N) is 1. The molecule has 6 nitrogen and oxygen atoms in total. The van der Waals surface area contributed by atoms with Gasteiger partial charge in [-0.2, -0.15) is 0 Å². The van der Waals surface area contributed by atoms with Gasteiger partial charge in [-0.05, 0) is 31.2 Å². The predicted molar refractivity (Wildman–Crippen MR) is 62.0 cm³/mol. The highest BCUT2D eigenvalue weighted by molar-refractivity contribution is 7.89. The van der Waals surface area contributed by atoms with Crippen LogP contribution >= 0.6 is 0 Å². The lowest BCUT2D eigenvalue weighted by Crippen LogP contribution is -2.33. The van der Waals surface area contributed by atoms with Gasteiger partial charge in [-0.3, -0.25) is 4.79 Å². The quantitative estimate of drug-likeness (QED) is 0.784. The Bertz CT molecular complexity index is 496. The third kappa shape index (κ3) is 3.72. The maximum absolute atomic E-state index is 11.2. The molecular weight excluding hydrogens is 244 g/mol. The Morgan fingerprint density at radius 3 is 2.29 bits per heavy atom. The van der Waals surface area contributed by atoms with Crippen molar-refractivity contribution in [2.75, 3.05) is 7.05 Å². The molecule has 1 aromatic carbocycles. The molecule has 17 heavy (non-hydrogen) atoms. The summed E-state index contributed by atoms with van der Waals surface area (Å²) in [5.74, 6) is 0.133. The van der Waals surface area contributed by atoms with Crippen LogP contribution in [0.25, 0.3) is 0 Å². The van der Waals surface area contributed by atoms with Crippen molar-refractivity contribution < 1.29 is 17.9 Å². The van der Waals surface area contributed by atoms with Gasteiger partial charge in [-0.1, -0.05) is 0 Å². The Morgan fingerprint density at radius 1 is 1.35 bits per heavy atom. The lowest BCUT2D eigenvalue weighted by molar-refractivity contribution is -0.126. The highest BCUT2D eigenvalue weighted by Gasteiger charge is 2.13. The Balaban J connectivity index is 2.79. The highest BCUT2D eigenvalue weighted by Crippen LogP contribution is 2.16. The molecule has 3 N–H and O–H groups in total. The minimum absolute atomic E-state index is 0.00236. The third-order valence-electron chi connectivity index (χ3n) is 2.08. The van der Waals surface area contributed by atoms with Crippen LogP contribution in [0, 0.1) is 0 Å². The van der Waals surface area contributed by atoms with E-state index in [2.05, 4.69) is 5.32 Å². The molecule has 0 aliphatic heterocycles. The predicted octanol–water partition coefficient (Wildman–Crippen LogP) is -0.153. The van der Waals surface area contributed by atoms with Crippen LogP contribution in [0.15, 0.2) is 29.2 Å². The lowest BCUT2D eigenvalue weighted by atomic mass is 10.3. The number of likely N-dealkylation sites (N-methyl/N-ethyl adjacent to an activating group) is 1. The first-order valence-corrected chi connectivity index (χ1v) is 6.40. The molecule has 94 valence electrons. The van der Waals surface area contributed by atoms with E-state index >= 15 is 0 Å². The molecule has 0 bridgehead atoms. The number of primary sulfonamides is 1. The van der Waals surface area contributed by atoms with Gasteiger partial charge >= 0.3 is 0 Å². The van der Waals surface area contributed by atoms with Crippen LogP contribution < -0.4 is 15.2 Å². The second kappa shape index (κ2) is 5.15. The van der Waals surface area contributed by atoms with Gasteiger partial charge in [0.15, 0.2) is 6.10 Å². The van der Waals surface area contributed by atoms with Gasteiger partial charge in [0.1, 0.15) is 5.75 Å². The van der Waals surface area contributed by atoms with E-state index in [0.29, 0.717) is 5.75 Å². The molecule has 0 aliphatic rings. The van der Waals surface area contributed by atoms with Gasteiger partial charge in [-0.25, -0.2) is 13.6 Å².